The molecule has 1 aromatic carbocycles. The Morgan fingerprint density at radius 3 is 2.60 bits per heavy atom. The molecule has 2 rings (SSSR count). The van der Waals surface area contributed by atoms with Gasteiger partial charge in [0.1, 0.15) is 5.82 Å². The highest BCUT2D eigenvalue weighted by atomic mass is 19.1. The van der Waals surface area contributed by atoms with E-state index in [-0.39, 0.29) is 24.1 Å². The fraction of sp³-hybridized carbons (Fsp3) is 0.625. The van der Waals surface area contributed by atoms with Crippen LogP contribution < -0.4 is 10.6 Å². The van der Waals surface area contributed by atoms with Crippen molar-refractivity contribution in [1.29, 1.82) is 0 Å². The monoisotopic (exact) mass is 280 g/mol. The highest BCUT2D eigenvalue weighted by Gasteiger charge is 2.24. The van der Waals surface area contributed by atoms with E-state index in [9.17, 15) is 4.39 Å². The maximum Gasteiger partial charge on any atom is 0.123 e. The lowest BCUT2D eigenvalue weighted by Crippen LogP contribution is -2.46. The minimum atomic E-state index is -0.193. The Balaban J connectivity index is 2.25. The molecule has 2 N–H and O–H groups in total. The first-order valence-corrected chi connectivity index (χ1v) is 7.44. The van der Waals surface area contributed by atoms with E-state index in [2.05, 4.69) is 25.7 Å². The molecule has 3 nitrogen and oxygen atoms in total. The summed E-state index contributed by atoms with van der Waals surface area (Å²) in [6.45, 7) is 7.88. The minimum Gasteiger partial charge on any atom is -0.372 e. The van der Waals surface area contributed by atoms with E-state index in [1.165, 1.54) is 6.07 Å². The van der Waals surface area contributed by atoms with Gasteiger partial charge in [-0.3, -0.25) is 0 Å². The topological polar surface area (TPSA) is 38.5 Å². The molecule has 112 valence electrons. The number of anilines is 1. The summed E-state index contributed by atoms with van der Waals surface area (Å²) in [5.41, 5.74) is 8.14. The molecule has 3 atom stereocenters. The van der Waals surface area contributed by atoms with Crippen LogP contribution >= 0.6 is 0 Å². The van der Waals surface area contributed by atoms with Crippen molar-refractivity contribution in [3.63, 3.8) is 0 Å². The van der Waals surface area contributed by atoms with Gasteiger partial charge in [-0.1, -0.05) is 6.92 Å². The number of halogens is 1. The zero-order valence-corrected chi connectivity index (χ0v) is 12.6. The first kappa shape index (κ1) is 15.3. The Morgan fingerprint density at radius 2 is 2.00 bits per heavy atom. The summed E-state index contributed by atoms with van der Waals surface area (Å²) in [7, 11) is 0. The first-order chi connectivity index (χ1) is 9.49. The third kappa shape index (κ3) is 3.70. The van der Waals surface area contributed by atoms with Crippen molar-refractivity contribution >= 4 is 5.69 Å². The van der Waals surface area contributed by atoms with E-state index >= 15 is 0 Å². The summed E-state index contributed by atoms with van der Waals surface area (Å²) >= 11 is 0. The SMILES string of the molecule is CCC(N)Cc1cc(F)ccc1N1C[C@@H](C)O[C@@H](C)C1. The highest BCUT2D eigenvalue weighted by Crippen LogP contribution is 2.26. The van der Waals surface area contributed by atoms with Gasteiger partial charge in [0.2, 0.25) is 0 Å². The summed E-state index contributed by atoms with van der Waals surface area (Å²) in [4.78, 5) is 2.29. The molecule has 0 amide bonds. The van der Waals surface area contributed by atoms with Gasteiger partial charge in [-0.25, -0.2) is 4.39 Å². The van der Waals surface area contributed by atoms with Gasteiger partial charge in [0, 0.05) is 24.8 Å². The van der Waals surface area contributed by atoms with Crippen LogP contribution in [0.2, 0.25) is 0 Å². The van der Waals surface area contributed by atoms with E-state index in [0.29, 0.717) is 6.42 Å². The Morgan fingerprint density at radius 1 is 1.35 bits per heavy atom. The minimum absolute atomic E-state index is 0.0754. The third-order valence-corrected chi connectivity index (χ3v) is 3.81. The fourth-order valence-corrected chi connectivity index (χ4v) is 2.83. The van der Waals surface area contributed by atoms with Crippen LogP contribution in [0.3, 0.4) is 0 Å². The van der Waals surface area contributed by atoms with E-state index in [0.717, 1.165) is 30.8 Å². The molecule has 1 aliphatic rings. The van der Waals surface area contributed by atoms with Crippen molar-refractivity contribution in [3.8, 4) is 0 Å². The Bertz CT molecular complexity index is 442. The summed E-state index contributed by atoms with van der Waals surface area (Å²) in [6.07, 6.45) is 1.99. The van der Waals surface area contributed by atoms with Crippen molar-refractivity contribution in [3.05, 3.63) is 29.6 Å². The highest BCUT2D eigenvalue weighted by molar-refractivity contribution is 5.54. The summed E-state index contributed by atoms with van der Waals surface area (Å²) in [5, 5.41) is 0. The van der Waals surface area contributed by atoms with Crippen molar-refractivity contribution in [2.45, 2.75) is 51.9 Å². The molecule has 20 heavy (non-hydrogen) atoms. The maximum absolute atomic E-state index is 13.5. The van der Waals surface area contributed by atoms with Gasteiger partial charge < -0.3 is 15.4 Å². The third-order valence-electron chi connectivity index (χ3n) is 3.81. The van der Waals surface area contributed by atoms with Gasteiger partial charge in [-0.2, -0.15) is 0 Å². The predicted molar refractivity (Wildman–Crippen MR) is 80.6 cm³/mol. The molecule has 0 saturated carbocycles. The van der Waals surface area contributed by atoms with E-state index in [1.807, 2.05) is 6.07 Å². The Kier molecular flexibility index (Phi) is 5.00. The van der Waals surface area contributed by atoms with Gasteiger partial charge >= 0.3 is 0 Å². The van der Waals surface area contributed by atoms with Crippen molar-refractivity contribution in [1.82, 2.24) is 0 Å². The van der Waals surface area contributed by atoms with Gasteiger partial charge in [-0.05, 0) is 50.5 Å². The largest absolute Gasteiger partial charge is 0.372 e. The lowest BCUT2D eigenvalue weighted by Gasteiger charge is -2.38. The van der Waals surface area contributed by atoms with Crippen LogP contribution in [0.25, 0.3) is 0 Å². The lowest BCUT2D eigenvalue weighted by atomic mass is 10.0. The van der Waals surface area contributed by atoms with Crippen LogP contribution in [0.5, 0.6) is 0 Å². The number of nitrogens with zero attached hydrogens (tertiary/aromatic N) is 1. The molecular formula is C16H25FN2O. The molecule has 0 bridgehead atoms. The first-order valence-electron chi connectivity index (χ1n) is 7.44. The van der Waals surface area contributed by atoms with Crippen molar-refractivity contribution in [2.24, 2.45) is 5.73 Å². The number of rotatable bonds is 4. The van der Waals surface area contributed by atoms with Crippen LogP contribution in [0, 0.1) is 5.82 Å². The van der Waals surface area contributed by atoms with E-state index < -0.39 is 0 Å². The summed E-state index contributed by atoms with van der Waals surface area (Å²) in [5.74, 6) is -0.193. The molecule has 0 spiro atoms. The number of hydrogen-bond acceptors (Lipinski definition) is 3. The molecule has 0 radical (unpaired) electrons. The number of ether oxygens (including phenoxy) is 1. The number of hydrogen-bond donors (Lipinski definition) is 1. The second kappa shape index (κ2) is 6.55. The molecule has 1 fully saturated rings. The normalized spacial score (nSPS) is 24.8. The number of nitrogens with two attached hydrogens (primary N) is 1. The maximum atomic E-state index is 13.5. The van der Waals surface area contributed by atoms with Gasteiger partial charge in [-0.15, -0.1) is 0 Å². The lowest BCUT2D eigenvalue weighted by molar-refractivity contribution is -0.00526. The number of morpholine rings is 1. The fourth-order valence-electron chi connectivity index (χ4n) is 2.83. The molecule has 0 aliphatic carbocycles. The molecule has 1 unspecified atom stereocenters. The van der Waals surface area contributed by atoms with Gasteiger partial charge in [0.25, 0.3) is 0 Å². The van der Waals surface area contributed by atoms with Gasteiger partial charge in [0.05, 0.1) is 12.2 Å². The zero-order valence-electron chi connectivity index (χ0n) is 12.6. The van der Waals surface area contributed by atoms with Crippen LogP contribution in [0.4, 0.5) is 10.1 Å². The number of benzene rings is 1. The van der Waals surface area contributed by atoms with Crippen LogP contribution in [-0.2, 0) is 11.2 Å². The second-order valence-corrected chi connectivity index (χ2v) is 5.81. The van der Waals surface area contributed by atoms with E-state index in [4.69, 9.17) is 10.5 Å². The molecule has 1 heterocycles. The Hall–Kier alpha value is -1.13. The van der Waals surface area contributed by atoms with Crippen LogP contribution in [-0.4, -0.2) is 31.3 Å². The van der Waals surface area contributed by atoms with Crippen LogP contribution in [0.1, 0.15) is 32.8 Å². The van der Waals surface area contributed by atoms with Gasteiger partial charge in [0.15, 0.2) is 0 Å². The Labute approximate surface area is 120 Å². The average molecular weight is 280 g/mol. The molecule has 1 saturated heterocycles. The molecule has 0 aromatic heterocycles. The summed E-state index contributed by atoms with van der Waals surface area (Å²) in [6, 6.07) is 5.10. The second-order valence-electron chi connectivity index (χ2n) is 5.81. The average Bonchev–Trinajstić information content (AvgIpc) is 2.37. The van der Waals surface area contributed by atoms with Crippen LogP contribution in [0.15, 0.2) is 18.2 Å². The van der Waals surface area contributed by atoms with Crippen molar-refractivity contribution in [2.75, 3.05) is 18.0 Å². The molecule has 4 heteroatoms. The molecular weight excluding hydrogens is 255 g/mol. The molecule has 1 aromatic rings. The van der Waals surface area contributed by atoms with E-state index in [1.54, 1.807) is 6.07 Å². The van der Waals surface area contributed by atoms with Crippen molar-refractivity contribution < 1.29 is 9.13 Å². The summed E-state index contributed by atoms with van der Waals surface area (Å²) < 4.78 is 19.3. The smallest absolute Gasteiger partial charge is 0.123 e. The quantitative estimate of drug-likeness (QED) is 0.921. The predicted octanol–water partition coefficient (Wildman–Crippen LogP) is 2.72. The zero-order chi connectivity index (χ0) is 14.7. The standard InChI is InChI=1S/C16H25FN2O/c1-4-15(18)8-13-7-14(17)5-6-16(13)19-9-11(2)20-12(3)10-19/h5-7,11-12,15H,4,8-10,18H2,1-3H3/t11-,12+,15?. The molecule has 1 aliphatic heterocycles.